The third-order valence-corrected chi connectivity index (χ3v) is 2.95. The van der Waals surface area contributed by atoms with Gasteiger partial charge in [-0.1, -0.05) is 12.1 Å². The lowest BCUT2D eigenvalue weighted by Gasteiger charge is -2.09. The van der Waals surface area contributed by atoms with Gasteiger partial charge >= 0.3 is 0 Å². The summed E-state index contributed by atoms with van der Waals surface area (Å²) >= 11 is 0. The van der Waals surface area contributed by atoms with Gasteiger partial charge in [0.15, 0.2) is 0 Å². The molecule has 0 saturated heterocycles. The van der Waals surface area contributed by atoms with Crippen LogP contribution >= 0.6 is 0 Å². The first-order valence-corrected chi connectivity index (χ1v) is 6.66. The van der Waals surface area contributed by atoms with Crippen LogP contribution < -0.4 is 4.74 Å². The van der Waals surface area contributed by atoms with Crippen LogP contribution in [0.25, 0.3) is 0 Å². The van der Waals surface area contributed by atoms with E-state index in [4.69, 9.17) is 10.00 Å². The van der Waals surface area contributed by atoms with Gasteiger partial charge in [-0.2, -0.15) is 5.26 Å². The average molecular weight is 285 g/mol. The van der Waals surface area contributed by atoms with E-state index in [2.05, 4.69) is 0 Å². The number of nitriles is 1. The first-order valence-electron chi connectivity index (χ1n) is 6.66. The van der Waals surface area contributed by atoms with Crippen LogP contribution in [0.2, 0.25) is 0 Å². The van der Waals surface area contributed by atoms with E-state index in [1.54, 1.807) is 13.0 Å². The molecule has 1 N–H and O–H groups in total. The van der Waals surface area contributed by atoms with Crippen LogP contribution in [0, 0.1) is 17.1 Å². The van der Waals surface area contributed by atoms with Crippen molar-refractivity contribution < 1.29 is 14.2 Å². The highest BCUT2D eigenvalue weighted by molar-refractivity contribution is 5.34. The minimum Gasteiger partial charge on any atom is -0.489 e. The van der Waals surface area contributed by atoms with Gasteiger partial charge in [0, 0.05) is 0 Å². The Hall–Kier alpha value is -2.38. The number of hydrogen-bond acceptors (Lipinski definition) is 3. The molecule has 2 aromatic carbocycles. The molecule has 0 heterocycles. The SMILES string of the molecule is CC(O)Cc1ccc(OCc2cc(F)cc(C#N)c2)cc1. The quantitative estimate of drug-likeness (QED) is 0.917. The molecule has 3 nitrogen and oxygen atoms in total. The smallest absolute Gasteiger partial charge is 0.124 e. The standard InChI is InChI=1S/C17H16FNO2/c1-12(20)6-13-2-4-17(5-3-13)21-11-15-7-14(10-19)8-16(18)9-15/h2-5,7-9,12,20H,6,11H2,1H3. The van der Waals surface area contributed by atoms with E-state index in [0.717, 1.165) is 5.56 Å². The molecule has 2 aromatic rings. The number of halogens is 1. The molecule has 0 spiro atoms. The van der Waals surface area contributed by atoms with Gasteiger partial charge in [-0.25, -0.2) is 4.39 Å². The van der Waals surface area contributed by atoms with Crippen LogP contribution in [-0.4, -0.2) is 11.2 Å². The number of rotatable bonds is 5. The first kappa shape index (κ1) is 15.0. The van der Waals surface area contributed by atoms with Gasteiger partial charge in [0.25, 0.3) is 0 Å². The summed E-state index contributed by atoms with van der Waals surface area (Å²) in [6, 6.07) is 13.4. The largest absolute Gasteiger partial charge is 0.489 e. The second kappa shape index (κ2) is 6.87. The molecule has 0 bridgehead atoms. The molecule has 0 aliphatic heterocycles. The molecule has 4 heteroatoms. The summed E-state index contributed by atoms with van der Waals surface area (Å²) in [7, 11) is 0. The summed E-state index contributed by atoms with van der Waals surface area (Å²) in [6.45, 7) is 1.93. The van der Waals surface area contributed by atoms with E-state index in [9.17, 15) is 9.50 Å². The highest BCUT2D eigenvalue weighted by Gasteiger charge is 2.03. The highest BCUT2D eigenvalue weighted by atomic mass is 19.1. The Balaban J connectivity index is 2.00. The van der Waals surface area contributed by atoms with Gasteiger partial charge in [-0.05, 0) is 54.8 Å². The first-order chi connectivity index (χ1) is 10.1. The highest BCUT2D eigenvalue weighted by Crippen LogP contribution is 2.16. The molecule has 0 fully saturated rings. The number of benzene rings is 2. The average Bonchev–Trinajstić information content (AvgIpc) is 2.45. The molecule has 0 radical (unpaired) electrons. The summed E-state index contributed by atoms with van der Waals surface area (Å²) in [5, 5.41) is 18.1. The van der Waals surface area contributed by atoms with Gasteiger partial charge in [0.2, 0.25) is 0 Å². The summed E-state index contributed by atoms with van der Waals surface area (Å²) in [5.74, 6) is 0.215. The van der Waals surface area contributed by atoms with E-state index in [1.807, 2.05) is 30.3 Å². The number of nitrogens with zero attached hydrogens (tertiary/aromatic N) is 1. The molecule has 2 rings (SSSR count). The van der Waals surface area contributed by atoms with Crippen LogP contribution in [0.3, 0.4) is 0 Å². The number of aliphatic hydroxyl groups is 1. The number of hydrogen-bond donors (Lipinski definition) is 1. The topological polar surface area (TPSA) is 53.2 Å². The zero-order valence-corrected chi connectivity index (χ0v) is 11.7. The van der Waals surface area contributed by atoms with Crippen molar-refractivity contribution in [3.8, 4) is 11.8 Å². The Morgan fingerprint density at radius 1 is 1.19 bits per heavy atom. The normalized spacial score (nSPS) is 11.7. The van der Waals surface area contributed by atoms with Crippen LogP contribution in [0.15, 0.2) is 42.5 Å². The van der Waals surface area contributed by atoms with Gasteiger partial charge in [-0.3, -0.25) is 0 Å². The minimum atomic E-state index is -0.445. The van der Waals surface area contributed by atoms with E-state index in [1.165, 1.54) is 12.1 Å². The van der Waals surface area contributed by atoms with Crippen LogP contribution in [0.1, 0.15) is 23.6 Å². The van der Waals surface area contributed by atoms with Crippen molar-refractivity contribution in [2.45, 2.75) is 26.1 Å². The van der Waals surface area contributed by atoms with Crippen molar-refractivity contribution in [3.05, 3.63) is 65.0 Å². The van der Waals surface area contributed by atoms with Gasteiger partial charge in [0.05, 0.1) is 17.7 Å². The molecular weight excluding hydrogens is 269 g/mol. The molecule has 0 aromatic heterocycles. The zero-order chi connectivity index (χ0) is 15.2. The van der Waals surface area contributed by atoms with E-state index in [-0.39, 0.29) is 18.3 Å². The predicted octanol–water partition coefficient (Wildman–Crippen LogP) is 3.20. The molecule has 0 aliphatic rings. The maximum absolute atomic E-state index is 13.3. The molecular formula is C17H16FNO2. The molecule has 108 valence electrons. The Morgan fingerprint density at radius 2 is 1.90 bits per heavy atom. The van der Waals surface area contributed by atoms with Crippen molar-refractivity contribution in [2.75, 3.05) is 0 Å². The second-order valence-electron chi connectivity index (χ2n) is 4.95. The van der Waals surface area contributed by atoms with Crippen molar-refractivity contribution in [2.24, 2.45) is 0 Å². The minimum absolute atomic E-state index is 0.197. The van der Waals surface area contributed by atoms with Crippen molar-refractivity contribution in [3.63, 3.8) is 0 Å². The van der Waals surface area contributed by atoms with Crippen molar-refractivity contribution >= 4 is 0 Å². The Morgan fingerprint density at radius 3 is 2.52 bits per heavy atom. The lowest BCUT2D eigenvalue weighted by molar-refractivity contribution is 0.195. The van der Waals surface area contributed by atoms with E-state index >= 15 is 0 Å². The number of aliphatic hydroxyl groups excluding tert-OH is 1. The fourth-order valence-corrected chi connectivity index (χ4v) is 2.03. The Labute approximate surface area is 123 Å². The number of ether oxygens (including phenoxy) is 1. The molecule has 0 saturated carbocycles. The molecule has 0 aliphatic carbocycles. The van der Waals surface area contributed by atoms with Crippen LogP contribution in [0.4, 0.5) is 4.39 Å². The Kier molecular flexibility index (Phi) is 4.91. The van der Waals surface area contributed by atoms with Crippen molar-refractivity contribution in [1.82, 2.24) is 0 Å². The summed E-state index contributed by atoms with van der Waals surface area (Å²) in [6.07, 6.45) is 0.212. The van der Waals surface area contributed by atoms with Gasteiger partial charge in [0.1, 0.15) is 18.2 Å². The fourth-order valence-electron chi connectivity index (χ4n) is 2.03. The van der Waals surface area contributed by atoms with Gasteiger partial charge in [-0.15, -0.1) is 0 Å². The fraction of sp³-hybridized carbons (Fsp3) is 0.235. The lowest BCUT2D eigenvalue weighted by atomic mass is 10.1. The predicted molar refractivity (Wildman–Crippen MR) is 77.3 cm³/mol. The monoisotopic (exact) mass is 285 g/mol. The van der Waals surface area contributed by atoms with E-state index < -0.39 is 5.82 Å². The third kappa shape index (κ3) is 4.59. The van der Waals surface area contributed by atoms with Crippen LogP contribution in [0.5, 0.6) is 5.75 Å². The molecule has 21 heavy (non-hydrogen) atoms. The van der Waals surface area contributed by atoms with E-state index in [0.29, 0.717) is 17.7 Å². The summed E-state index contributed by atoms with van der Waals surface area (Å²) in [5.41, 5.74) is 1.91. The second-order valence-corrected chi connectivity index (χ2v) is 4.95. The maximum Gasteiger partial charge on any atom is 0.124 e. The van der Waals surface area contributed by atoms with Crippen LogP contribution in [-0.2, 0) is 13.0 Å². The maximum atomic E-state index is 13.3. The van der Waals surface area contributed by atoms with Crippen molar-refractivity contribution in [1.29, 1.82) is 5.26 Å². The Bertz CT molecular complexity index is 645. The lowest BCUT2D eigenvalue weighted by Crippen LogP contribution is -2.04. The summed E-state index contributed by atoms with van der Waals surface area (Å²) in [4.78, 5) is 0. The molecule has 1 unspecified atom stereocenters. The molecule has 1 atom stereocenters. The summed E-state index contributed by atoms with van der Waals surface area (Å²) < 4.78 is 18.9. The molecule has 0 amide bonds. The van der Waals surface area contributed by atoms with Gasteiger partial charge < -0.3 is 9.84 Å². The zero-order valence-electron chi connectivity index (χ0n) is 11.7. The third-order valence-electron chi connectivity index (χ3n) is 2.95.